The third kappa shape index (κ3) is 2.92. The molecule has 0 amide bonds. The summed E-state index contributed by atoms with van der Waals surface area (Å²) in [6.45, 7) is 4.40. The van der Waals surface area contributed by atoms with E-state index in [0.29, 0.717) is 16.5 Å². The second-order valence-electron chi connectivity index (χ2n) is 7.56. The quantitative estimate of drug-likeness (QED) is 0.651. The Morgan fingerprint density at radius 1 is 1.29 bits per heavy atom. The van der Waals surface area contributed by atoms with Crippen LogP contribution in [0, 0.1) is 5.92 Å². The first kappa shape index (κ1) is 18.7. The molecule has 2 aromatic heterocycles. The fourth-order valence-corrected chi connectivity index (χ4v) is 5.07. The number of hydrogen-bond acceptors (Lipinski definition) is 6. The maximum absolute atomic E-state index is 12.2. The molecule has 146 valence electrons. The first-order chi connectivity index (χ1) is 13.4. The summed E-state index contributed by atoms with van der Waals surface area (Å²) in [5, 5.41) is 0.926. The second-order valence-corrected chi connectivity index (χ2v) is 8.55. The number of pyridine rings is 1. The van der Waals surface area contributed by atoms with Crippen LogP contribution in [0.2, 0.25) is 0 Å². The van der Waals surface area contributed by atoms with E-state index in [-0.39, 0.29) is 0 Å². The predicted octanol–water partition coefficient (Wildman–Crippen LogP) is 4.64. The molecule has 1 aromatic carbocycles. The molecule has 0 bridgehead atoms. The molecule has 6 heteroatoms. The number of aryl methyl sites for hydroxylation is 1. The van der Waals surface area contributed by atoms with Crippen molar-refractivity contribution in [2.75, 3.05) is 20.0 Å². The van der Waals surface area contributed by atoms with E-state index in [0.717, 1.165) is 46.5 Å². The maximum Gasteiger partial charge on any atom is 0.350 e. The minimum Gasteiger partial charge on any atom is -0.497 e. The highest BCUT2D eigenvalue weighted by Gasteiger charge is 2.27. The number of carbonyl (C=O) groups is 1. The van der Waals surface area contributed by atoms with Gasteiger partial charge in [0, 0.05) is 10.9 Å². The summed E-state index contributed by atoms with van der Waals surface area (Å²) in [5.41, 5.74) is 12.8. The zero-order valence-electron chi connectivity index (χ0n) is 16.6. The molecule has 2 N–H and O–H groups in total. The van der Waals surface area contributed by atoms with Gasteiger partial charge in [0.2, 0.25) is 0 Å². The van der Waals surface area contributed by atoms with Crippen LogP contribution in [-0.4, -0.2) is 25.2 Å². The number of ether oxygens (including phenoxy) is 2. The summed E-state index contributed by atoms with van der Waals surface area (Å²) in [6.07, 6.45) is 2.74. The molecule has 0 saturated heterocycles. The van der Waals surface area contributed by atoms with Gasteiger partial charge in [-0.25, -0.2) is 9.78 Å². The highest BCUT2D eigenvalue weighted by Crippen LogP contribution is 2.43. The Morgan fingerprint density at radius 2 is 2.07 bits per heavy atom. The lowest BCUT2D eigenvalue weighted by Gasteiger charge is -2.24. The van der Waals surface area contributed by atoms with Gasteiger partial charge in [0.15, 0.2) is 0 Å². The number of methoxy groups -OCH3 is 2. The number of fused-ring (bicyclic) bond motifs is 4. The van der Waals surface area contributed by atoms with E-state index in [2.05, 4.69) is 26.0 Å². The SMILES string of the molecule is COC(=O)c1sc2nc3c(c(CC(C)C)c2c1N)CCc1cc(OC)ccc1-3. The van der Waals surface area contributed by atoms with E-state index in [4.69, 9.17) is 20.2 Å². The molecular formula is C22H24N2O3S. The third-order valence-electron chi connectivity index (χ3n) is 5.29. The monoisotopic (exact) mass is 396 g/mol. The molecule has 5 nitrogen and oxygen atoms in total. The average Bonchev–Trinajstić information content (AvgIpc) is 3.02. The van der Waals surface area contributed by atoms with E-state index < -0.39 is 5.97 Å². The number of nitrogen functional groups attached to an aromatic ring is 1. The van der Waals surface area contributed by atoms with Gasteiger partial charge >= 0.3 is 5.97 Å². The van der Waals surface area contributed by atoms with Crippen LogP contribution in [0.25, 0.3) is 21.5 Å². The van der Waals surface area contributed by atoms with Crippen molar-refractivity contribution in [3.63, 3.8) is 0 Å². The van der Waals surface area contributed by atoms with E-state index in [1.807, 2.05) is 6.07 Å². The van der Waals surface area contributed by atoms with Crippen LogP contribution >= 0.6 is 11.3 Å². The lowest BCUT2D eigenvalue weighted by atomic mass is 9.83. The van der Waals surface area contributed by atoms with Gasteiger partial charge in [-0.1, -0.05) is 13.8 Å². The molecule has 1 aliphatic rings. The fraction of sp³-hybridized carbons (Fsp3) is 0.364. The van der Waals surface area contributed by atoms with Crippen molar-refractivity contribution in [1.29, 1.82) is 0 Å². The second kappa shape index (κ2) is 7.09. The number of thiophene rings is 1. The molecule has 0 radical (unpaired) electrons. The van der Waals surface area contributed by atoms with E-state index >= 15 is 0 Å². The normalized spacial score (nSPS) is 12.8. The molecule has 1 aliphatic carbocycles. The van der Waals surface area contributed by atoms with Gasteiger partial charge in [-0.2, -0.15) is 0 Å². The molecule has 4 rings (SSSR count). The summed E-state index contributed by atoms with van der Waals surface area (Å²) in [5.74, 6) is 0.922. The minimum absolute atomic E-state index is 0.404. The first-order valence-corrected chi connectivity index (χ1v) is 10.3. The Balaban J connectivity index is 2.02. The van der Waals surface area contributed by atoms with Crippen LogP contribution in [0.1, 0.15) is 40.2 Å². The number of esters is 1. The number of benzene rings is 1. The number of aromatic nitrogens is 1. The largest absolute Gasteiger partial charge is 0.497 e. The van der Waals surface area contributed by atoms with Crippen molar-refractivity contribution in [3.8, 4) is 17.0 Å². The van der Waals surface area contributed by atoms with Gasteiger partial charge in [-0.15, -0.1) is 11.3 Å². The smallest absolute Gasteiger partial charge is 0.350 e. The minimum atomic E-state index is -0.404. The highest BCUT2D eigenvalue weighted by molar-refractivity contribution is 7.21. The molecule has 2 heterocycles. The number of carbonyl (C=O) groups excluding carboxylic acids is 1. The van der Waals surface area contributed by atoms with Crippen molar-refractivity contribution < 1.29 is 14.3 Å². The highest BCUT2D eigenvalue weighted by atomic mass is 32.1. The Hall–Kier alpha value is -2.60. The predicted molar refractivity (Wildman–Crippen MR) is 113 cm³/mol. The van der Waals surface area contributed by atoms with Gasteiger partial charge in [-0.3, -0.25) is 0 Å². The van der Waals surface area contributed by atoms with Crippen LogP contribution in [0.15, 0.2) is 18.2 Å². The van der Waals surface area contributed by atoms with Crippen LogP contribution in [0.4, 0.5) is 5.69 Å². The van der Waals surface area contributed by atoms with Gasteiger partial charge in [-0.05, 0) is 60.1 Å². The zero-order chi connectivity index (χ0) is 20.0. The fourth-order valence-electron chi connectivity index (χ4n) is 4.03. The summed E-state index contributed by atoms with van der Waals surface area (Å²) >= 11 is 1.32. The van der Waals surface area contributed by atoms with Crippen LogP contribution in [-0.2, 0) is 24.0 Å². The van der Waals surface area contributed by atoms with E-state index in [1.165, 1.54) is 35.1 Å². The van der Waals surface area contributed by atoms with Crippen LogP contribution < -0.4 is 10.5 Å². The summed E-state index contributed by atoms with van der Waals surface area (Å²) in [6, 6.07) is 6.15. The molecule has 0 saturated carbocycles. The maximum atomic E-state index is 12.2. The Bertz CT molecular complexity index is 1090. The lowest BCUT2D eigenvalue weighted by Crippen LogP contribution is -2.11. The number of rotatable bonds is 4. The van der Waals surface area contributed by atoms with Crippen LogP contribution in [0.3, 0.4) is 0 Å². The molecule has 0 unspecified atom stereocenters. The van der Waals surface area contributed by atoms with Crippen molar-refractivity contribution >= 4 is 33.2 Å². The Labute approximate surface area is 168 Å². The summed E-state index contributed by atoms with van der Waals surface area (Å²) in [7, 11) is 3.06. The number of hydrogen-bond donors (Lipinski definition) is 1. The zero-order valence-corrected chi connectivity index (χ0v) is 17.4. The molecule has 0 atom stereocenters. The molecular weight excluding hydrogens is 372 g/mol. The lowest BCUT2D eigenvalue weighted by molar-refractivity contribution is 0.0607. The van der Waals surface area contributed by atoms with E-state index in [9.17, 15) is 4.79 Å². The molecule has 0 aliphatic heterocycles. The molecule has 28 heavy (non-hydrogen) atoms. The molecule has 3 aromatic rings. The molecule has 0 spiro atoms. The Kier molecular flexibility index (Phi) is 4.75. The van der Waals surface area contributed by atoms with Gasteiger partial charge in [0.25, 0.3) is 0 Å². The van der Waals surface area contributed by atoms with Gasteiger partial charge in [0.05, 0.1) is 25.6 Å². The van der Waals surface area contributed by atoms with E-state index in [1.54, 1.807) is 7.11 Å². The van der Waals surface area contributed by atoms with Crippen molar-refractivity contribution in [3.05, 3.63) is 39.8 Å². The van der Waals surface area contributed by atoms with Gasteiger partial charge < -0.3 is 15.2 Å². The number of nitrogens with zero attached hydrogens (tertiary/aromatic N) is 1. The number of nitrogens with two attached hydrogens (primary N) is 1. The number of anilines is 1. The standard InChI is InChI=1S/C22H24N2O3S/c1-11(2)9-16-15-7-5-12-10-13(26-3)6-8-14(12)19(15)24-21-17(16)18(23)20(28-21)22(25)27-4/h6,8,10-11H,5,7,9,23H2,1-4H3. The third-order valence-corrected chi connectivity index (χ3v) is 6.37. The van der Waals surface area contributed by atoms with Gasteiger partial charge in [0.1, 0.15) is 15.5 Å². The van der Waals surface area contributed by atoms with Crippen LogP contribution in [0.5, 0.6) is 5.75 Å². The van der Waals surface area contributed by atoms with Crippen molar-refractivity contribution in [2.24, 2.45) is 5.92 Å². The first-order valence-electron chi connectivity index (χ1n) is 9.43. The molecule has 0 fully saturated rings. The Morgan fingerprint density at radius 3 is 2.75 bits per heavy atom. The average molecular weight is 397 g/mol. The van der Waals surface area contributed by atoms with Crippen molar-refractivity contribution in [2.45, 2.75) is 33.1 Å². The van der Waals surface area contributed by atoms with Crippen molar-refractivity contribution in [1.82, 2.24) is 4.98 Å². The topological polar surface area (TPSA) is 74.4 Å². The summed E-state index contributed by atoms with van der Waals surface area (Å²) < 4.78 is 10.3. The summed E-state index contributed by atoms with van der Waals surface area (Å²) in [4.78, 5) is 18.4.